The molecule has 0 aliphatic heterocycles. The molecule has 0 saturated carbocycles. The molecule has 0 spiro atoms. The molecule has 0 unspecified atom stereocenters. The van der Waals surface area contributed by atoms with Gasteiger partial charge in [0.25, 0.3) is 5.91 Å². The van der Waals surface area contributed by atoms with Crippen molar-refractivity contribution in [2.75, 3.05) is 7.11 Å². The summed E-state index contributed by atoms with van der Waals surface area (Å²) in [6.45, 7) is 2.11. The maximum absolute atomic E-state index is 12.4. The summed E-state index contributed by atoms with van der Waals surface area (Å²) in [5.41, 5.74) is 3.10. The third-order valence-corrected chi connectivity index (χ3v) is 3.70. The van der Waals surface area contributed by atoms with E-state index >= 15 is 0 Å². The fourth-order valence-corrected chi connectivity index (χ4v) is 2.42. The summed E-state index contributed by atoms with van der Waals surface area (Å²) < 4.78 is 6.31. The minimum atomic E-state index is -0.410. The van der Waals surface area contributed by atoms with E-state index in [1.54, 1.807) is 35.0 Å². The van der Waals surface area contributed by atoms with Gasteiger partial charge in [-0.2, -0.15) is 5.10 Å². The molecule has 3 rings (SSSR count). The number of aromatic nitrogens is 3. The van der Waals surface area contributed by atoms with Gasteiger partial charge < -0.3 is 10.1 Å². The van der Waals surface area contributed by atoms with Gasteiger partial charge in [-0.3, -0.25) is 4.79 Å². The van der Waals surface area contributed by atoms with Crippen LogP contribution in [0.3, 0.4) is 0 Å². The Morgan fingerprint density at radius 2 is 2.12 bits per heavy atom. The third-order valence-electron chi connectivity index (χ3n) is 3.70. The zero-order valence-corrected chi connectivity index (χ0v) is 13.3. The molecule has 0 radical (unpaired) electrons. The van der Waals surface area contributed by atoms with Crippen molar-refractivity contribution >= 4 is 17.5 Å². The standard InChI is InChI=1S/C17H16N4O3/c1-11-14(10-18-15-6-7-20-21(11)15)16(22)19-9-12-4-3-5-13(8-12)17(23)24-2/h3-8,10H,9H2,1-2H3,(H,19,22). The van der Waals surface area contributed by atoms with Gasteiger partial charge in [-0.1, -0.05) is 12.1 Å². The number of methoxy groups -OCH3 is 1. The van der Waals surface area contributed by atoms with Crippen LogP contribution in [-0.4, -0.2) is 33.6 Å². The molecule has 0 aliphatic carbocycles. The Labute approximate surface area is 138 Å². The average molecular weight is 324 g/mol. The Morgan fingerprint density at radius 1 is 1.29 bits per heavy atom. The number of ether oxygens (including phenoxy) is 1. The van der Waals surface area contributed by atoms with E-state index in [0.717, 1.165) is 5.56 Å². The molecule has 24 heavy (non-hydrogen) atoms. The van der Waals surface area contributed by atoms with Crippen LogP contribution in [0.5, 0.6) is 0 Å². The molecule has 0 fully saturated rings. The molecule has 2 heterocycles. The molecular formula is C17H16N4O3. The smallest absolute Gasteiger partial charge is 0.337 e. The van der Waals surface area contributed by atoms with Crippen LogP contribution in [0, 0.1) is 6.92 Å². The molecule has 7 heteroatoms. The SMILES string of the molecule is COC(=O)c1cccc(CNC(=O)c2cnc3ccnn3c2C)c1. The van der Waals surface area contributed by atoms with Crippen LogP contribution in [-0.2, 0) is 11.3 Å². The average Bonchev–Trinajstić information content (AvgIpc) is 3.09. The van der Waals surface area contributed by atoms with Gasteiger partial charge in [0, 0.05) is 18.8 Å². The van der Waals surface area contributed by atoms with E-state index < -0.39 is 5.97 Å². The highest BCUT2D eigenvalue weighted by Gasteiger charge is 2.13. The van der Waals surface area contributed by atoms with Crippen LogP contribution in [0.2, 0.25) is 0 Å². The quantitative estimate of drug-likeness (QED) is 0.739. The molecule has 122 valence electrons. The second kappa shape index (κ2) is 6.49. The van der Waals surface area contributed by atoms with Crippen LogP contribution in [0.4, 0.5) is 0 Å². The molecule has 1 aromatic carbocycles. The molecule has 1 amide bonds. The number of nitrogens with one attached hydrogen (secondary N) is 1. The summed E-state index contributed by atoms with van der Waals surface area (Å²) in [6, 6.07) is 8.70. The number of amides is 1. The Balaban J connectivity index is 1.75. The monoisotopic (exact) mass is 324 g/mol. The van der Waals surface area contributed by atoms with E-state index in [4.69, 9.17) is 4.74 Å². The Hall–Kier alpha value is -3.22. The lowest BCUT2D eigenvalue weighted by Gasteiger charge is -2.09. The summed E-state index contributed by atoms with van der Waals surface area (Å²) in [5, 5.41) is 6.97. The van der Waals surface area contributed by atoms with E-state index in [9.17, 15) is 9.59 Å². The highest BCUT2D eigenvalue weighted by atomic mass is 16.5. The highest BCUT2D eigenvalue weighted by Crippen LogP contribution is 2.10. The number of hydrogen-bond donors (Lipinski definition) is 1. The second-order valence-corrected chi connectivity index (χ2v) is 5.23. The number of benzene rings is 1. The van der Waals surface area contributed by atoms with Crippen molar-refractivity contribution in [3.05, 3.63) is 65.1 Å². The Bertz CT molecular complexity index is 917. The second-order valence-electron chi connectivity index (χ2n) is 5.23. The minimum Gasteiger partial charge on any atom is -0.465 e. The summed E-state index contributed by atoms with van der Waals surface area (Å²) >= 11 is 0. The van der Waals surface area contributed by atoms with Gasteiger partial charge in [0.2, 0.25) is 0 Å². The predicted molar refractivity (Wildman–Crippen MR) is 86.7 cm³/mol. The van der Waals surface area contributed by atoms with Crippen molar-refractivity contribution in [3.8, 4) is 0 Å². The summed E-state index contributed by atoms with van der Waals surface area (Å²) in [4.78, 5) is 28.1. The third kappa shape index (κ3) is 2.96. The van der Waals surface area contributed by atoms with Crippen LogP contribution in [0.15, 0.2) is 42.7 Å². The maximum atomic E-state index is 12.4. The van der Waals surface area contributed by atoms with E-state index in [-0.39, 0.29) is 5.91 Å². The normalized spacial score (nSPS) is 10.6. The minimum absolute atomic E-state index is 0.249. The Kier molecular flexibility index (Phi) is 4.24. The lowest BCUT2D eigenvalue weighted by molar-refractivity contribution is 0.0600. The Morgan fingerprint density at radius 3 is 2.92 bits per heavy atom. The van der Waals surface area contributed by atoms with Crippen LogP contribution in [0.1, 0.15) is 32.0 Å². The molecular weight excluding hydrogens is 308 g/mol. The lowest BCUT2D eigenvalue weighted by atomic mass is 10.1. The topological polar surface area (TPSA) is 85.6 Å². The van der Waals surface area contributed by atoms with Gasteiger partial charge in [-0.05, 0) is 24.6 Å². The van der Waals surface area contributed by atoms with Crippen molar-refractivity contribution in [3.63, 3.8) is 0 Å². The largest absolute Gasteiger partial charge is 0.465 e. The summed E-state index contributed by atoms with van der Waals surface area (Å²) in [7, 11) is 1.33. The highest BCUT2D eigenvalue weighted by molar-refractivity contribution is 5.95. The molecule has 0 saturated heterocycles. The number of fused-ring (bicyclic) bond motifs is 1. The molecule has 1 N–H and O–H groups in total. The fourth-order valence-electron chi connectivity index (χ4n) is 2.42. The maximum Gasteiger partial charge on any atom is 0.337 e. The van der Waals surface area contributed by atoms with E-state index in [2.05, 4.69) is 15.4 Å². The first-order chi connectivity index (χ1) is 11.6. The van der Waals surface area contributed by atoms with Gasteiger partial charge >= 0.3 is 5.97 Å². The summed E-state index contributed by atoms with van der Waals surface area (Å²) in [5.74, 6) is -0.659. The molecule has 7 nitrogen and oxygen atoms in total. The fraction of sp³-hybridized carbons (Fsp3) is 0.176. The predicted octanol–water partition coefficient (Wildman–Crippen LogP) is 1.75. The number of rotatable bonds is 4. The van der Waals surface area contributed by atoms with Crippen molar-refractivity contribution < 1.29 is 14.3 Å². The zero-order valence-electron chi connectivity index (χ0n) is 13.3. The van der Waals surface area contributed by atoms with Gasteiger partial charge in [-0.25, -0.2) is 14.3 Å². The first-order valence-electron chi connectivity index (χ1n) is 7.35. The first-order valence-corrected chi connectivity index (χ1v) is 7.35. The molecule has 0 aliphatic rings. The summed E-state index contributed by atoms with van der Waals surface area (Å²) in [6.07, 6.45) is 3.17. The van der Waals surface area contributed by atoms with Crippen molar-refractivity contribution in [2.45, 2.75) is 13.5 Å². The van der Waals surface area contributed by atoms with Gasteiger partial charge in [0.15, 0.2) is 5.65 Å². The van der Waals surface area contributed by atoms with Crippen LogP contribution >= 0.6 is 0 Å². The molecule has 0 bridgehead atoms. The van der Waals surface area contributed by atoms with E-state index in [0.29, 0.717) is 29.0 Å². The number of nitrogens with zero attached hydrogens (tertiary/aromatic N) is 3. The van der Waals surface area contributed by atoms with Crippen molar-refractivity contribution in [1.29, 1.82) is 0 Å². The van der Waals surface area contributed by atoms with Crippen LogP contribution < -0.4 is 5.32 Å². The van der Waals surface area contributed by atoms with Gasteiger partial charge in [-0.15, -0.1) is 0 Å². The van der Waals surface area contributed by atoms with Crippen LogP contribution in [0.25, 0.3) is 5.65 Å². The molecule has 2 aromatic heterocycles. The molecule has 3 aromatic rings. The first kappa shape index (κ1) is 15.7. The number of esters is 1. The number of aryl methyl sites for hydroxylation is 1. The van der Waals surface area contributed by atoms with Crippen molar-refractivity contribution in [1.82, 2.24) is 19.9 Å². The lowest BCUT2D eigenvalue weighted by Crippen LogP contribution is -2.25. The van der Waals surface area contributed by atoms with Gasteiger partial charge in [0.05, 0.1) is 30.1 Å². The number of hydrogen-bond acceptors (Lipinski definition) is 5. The van der Waals surface area contributed by atoms with E-state index in [1.807, 2.05) is 13.0 Å². The van der Waals surface area contributed by atoms with E-state index in [1.165, 1.54) is 13.3 Å². The number of carbonyl (C=O) groups excluding carboxylic acids is 2. The molecule has 0 atom stereocenters. The van der Waals surface area contributed by atoms with Crippen molar-refractivity contribution in [2.24, 2.45) is 0 Å². The van der Waals surface area contributed by atoms with Gasteiger partial charge in [0.1, 0.15) is 0 Å². The number of carbonyl (C=O) groups is 2. The zero-order chi connectivity index (χ0) is 17.1.